The van der Waals surface area contributed by atoms with Gasteiger partial charge in [0.05, 0.1) is 0 Å². The number of amides is 2. The summed E-state index contributed by atoms with van der Waals surface area (Å²) in [5.41, 5.74) is 2.56. The number of hydrogen-bond donors (Lipinski definition) is 1. The van der Waals surface area contributed by atoms with Crippen molar-refractivity contribution in [3.8, 4) is 0 Å². The fourth-order valence-corrected chi connectivity index (χ4v) is 1.22. The van der Waals surface area contributed by atoms with Crippen molar-refractivity contribution in [3.05, 3.63) is 0 Å². The third-order valence-electron chi connectivity index (χ3n) is 1.96. The second-order valence-electron chi connectivity index (χ2n) is 2.74. The van der Waals surface area contributed by atoms with Gasteiger partial charge in [0.25, 0.3) is 0 Å². The highest BCUT2D eigenvalue weighted by Gasteiger charge is 2.17. The van der Waals surface area contributed by atoms with Crippen molar-refractivity contribution in [1.29, 1.82) is 0 Å². The van der Waals surface area contributed by atoms with Crippen molar-refractivity contribution in [3.63, 3.8) is 0 Å². The third-order valence-corrected chi connectivity index (χ3v) is 1.96. The van der Waals surface area contributed by atoms with Crippen molar-refractivity contribution >= 4 is 12.3 Å². The molecule has 1 aliphatic rings. The van der Waals surface area contributed by atoms with Gasteiger partial charge in [0.1, 0.15) is 0 Å². The van der Waals surface area contributed by atoms with Crippen LogP contribution >= 0.6 is 0 Å². The largest absolute Gasteiger partial charge is 0.340 e. The summed E-state index contributed by atoms with van der Waals surface area (Å²) in [5, 5.41) is 1.80. The molecule has 1 saturated heterocycles. The van der Waals surface area contributed by atoms with Crippen molar-refractivity contribution in [2.24, 2.45) is 0 Å². The minimum atomic E-state index is 0.0979. The standard InChI is InChI=1S/C7H13N3O2/c1-7(12)9-2-4-10(5-3-9)8-6-11/h6H,2-5H2,1H3,(H,8,11). The van der Waals surface area contributed by atoms with Crippen molar-refractivity contribution in [2.75, 3.05) is 26.2 Å². The van der Waals surface area contributed by atoms with Crippen LogP contribution in [0.25, 0.3) is 0 Å². The molecule has 1 fully saturated rings. The Bertz CT molecular complexity index is 175. The second-order valence-corrected chi connectivity index (χ2v) is 2.74. The number of hydrazine groups is 1. The first-order valence-electron chi connectivity index (χ1n) is 3.94. The molecule has 1 rings (SSSR count). The molecule has 68 valence electrons. The molecule has 1 aliphatic heterocycles. The zero-order valence-corrected chi connectivity index (χ0v) is 7.12. The Labute approximate surface area is 71.3 Å². The SMILES string of the molecule is CC(=O)N1CCN(NC=O)CC1. The second kappa shape index (κ2) is 4.06. The minimum Gasteiger partial charge on any atom is -0.340 e. The highest BCUT2D eigenvalue weighted by Crippen LogP contribution is 1.98. The van der Waals surface area contributed by atoms with Gasteiger partial charge in [-0.05, 0) is 0 Å². The lowest BCUT2D eigenvalue weighted by atomic mass is 10.3. The molecule has 0 aromatic carbocycles. The van der Waals surface area contributed by atoms with Gasteiger partial charge < -0.3 is 4.90 Å². The van der Waals surface area contributed by atoms with E-state index in [0.717, 1.165) is 0 Å². The van der Waals surface area contributed by atoms with E-state index in [1.807, 2.05) is 0 Å². The van der Waals surface area contributed by atoms with Crippen LogP contribution in [-0.4, -0.2) is 48.4 Å². The van der Waals surface area contributed by atoms with Gasteiger partial charge in [-0.3, -0.25) is 15.0 Å². The van der Waals surface area contributed by atoms with Gasteiger partial charge in [0.15, 0.2) is 0 Å². The van der Waals surface area contributed by atoms with Gasteiger partial charge in [-0.15, -0.1) is 0 Å². The van der Waals surface area contributed by atoms with Crippen molar-refractivity contribution < 1.29 is 9.59 Å². The van der Waals surface area contributed by atoms with Crippen LogP contribution in [0.5, 0.6) is 0 Å². The van der Waals surface area contributed by atoms with E-state index in [1.165, 1.54) is 0 Å². The summed E-state index contributed by atoms with van der Waals surface area (Å²) in [6, 6.07) is 0. The summed E-state index contributed by atoms with van der Waals surface area (Å²) in [5.74, 6) is 0.0979. The van der Waals surface area contributed by atoms with Crippen LogP contribution in [0.1, 0.15) is 6.92 Å². The molecule has 0 radical (unpaired) electrons. The van der Waals surface area contributed by atoms with E-state index >= 15 is 0 Å². The molecule has 5 heteroatoms. The smallest absolute Gasteiger partial charge is 0.221 e. The van der Waals surface area contributed by atoms with Gasteiger partial charge in [-0.1, -0.05) is 0 Å². The lowest BCUT2D eigenvalue weighted by Crippen LogP contribution is -2.52. The van der Waals surface area contributed by atoms with Gasteiger partial charge in [0, 0.05) is 33.1 Å². The molecule has 0 aromatic heterocycles. The number of rotatable bonds is 2. The zero-order valence-electron chi connectivity index (χ0n) is 7.12. The minimum absolute atomic E-state index is 0.0979. The van der Waals surface area contributed by atoms with Gasteiger partial charge in [-0.2, -0.15) is 0 Å². The van der Waals surface area contributed by atoms with Gasteiger partial charge >= 0.3 is 0 Å². The Kier molecular flexibility index (Phi) is 3.04. The molecule has 0 bridgehead atoms. The normalized spacial score (nSPS) is 18.9. The lowest BCUT2D eigenvalue weighted by molar-refractivity contribution is -0.131. The monoisotopic (exact) mass is 171 g/mol. The van der Waals surface area contributed by atoms with Crippen LogP contribution in [0.15, 0.2) is 0 Å². The quantitative estimate of drug-likeness (QED) is 0.532. The summed E-state index contributed by atoms with van der Waals surface area (Å²) >= 11 is 0. The highest BCUT2D eigenvalue weighted by molar-refractivity contribution is 5.73. The summed E-state index contributed by atoms with van der Waals surface area (Å²) in [4.78, 5) is 22.7. The van der Waals surface area contributed by atoms with Crippen LogP contribution in [0.2, 0.25) is 0 Å². The highest BCUT2D eigenvalue weighted by atomic mass is 16.2. The fourth-order valence-electron chi connectivity index (χ4n) is 1.22. The maximum absolute atomic E-state index is 10.9. The van der Waals surface area contributed by atoms with Crippen molar-refractivity contribution in [2.45, 2.75) is 6.92 Å². The van der Waals surface area contributed by atoms with E-state index < -0.39 is 0 Å². The fraction of sp³-hybridized carbons (Fsp3) is 0.714. The Hall–Kier alpha value is -1.10. The van der Waals surface area contributed by atoms with Crippen LogP contribution in [-0.2, 0) is 9.59 Å². The number of nitrogens with one attached hydrogen (secondary N) is 1. The zero-order chi connectivity index (χ0) is 8.97. The molecule has 2 amide bonds. The molecule has 0 aliphatic carbocycles. The van der Waals surface area contributed by atoms with Crippen LogP contribution in [0.4, 0.5) is 0 Å². The van der Waals surface area contributed by atoms with E-state index in [1.54, 1.807) is 16.8 Å². The molecular weight excluding hydrogens is 158 g/mol. The number of carbonyl (C=O) groups excluding carboxylic acids is 2. The number of nitrogens with zero attached hydrogens (tertiary/aromatic N) is 2. The Balaban J connectivity index is 2.29. The van der Waals surface area contributed by atoms with Crippen LogP contribution in [0, 0.1) is 0 Å². The molecule has 0 spiro atoms. The average Bonchev–Trinajstić information content (AvgIpc) is 2.06. The van der Waals surface area contributed by atoms with E-state index in [4.69, 9.17) is 0 Å². The number of carbonyl (C=O) groups is 2. The topological polar surface area (TPSA) is 52.7 Å². The molecule has 5 nitrogen and oxygen atoms in total. The molecule has 1 heterocycles. The molecule has 1 N–H and O–H groups in total. The Morgan fingerprint density at radius 1 is 1.33 bits per heavy atom. The van der Waals surface area contributed by atoms with Crippen LogP contribution < -0.4 is 5.43 Å². The molecular formula is C7H13N3O2. The lowest BCUT2D eigenvalue weighted by Gasteiger charge is -2.33. The maximum atomic E-state index is 10.9. The first kappa shape index (κ1) is 8.99. The first-order chi connectivity index (χ1) is 5.74. The third kappa shape index (κ3) is 2.20. The van der Waals surface area contributed by atoms with Gasteiger partial charge in [-0.25, -0.2) is 5.01 Å². The molecule has 0 unspecified atom stereocenters. The average molecular weight is 171 g/mol. The number of piperazine rings is 1. The summed E-state index contributed by atoms with van der Waals surface area (Å²) in [6.45, 7) is 4.35. The predicted molar refractivity (Wildman–Crippen MR) is 43.0 cm³/mol. The molecule has 0 aromatic rings. The van der Waals surface area contributed by atoms with E-state index in [0.29, 0.717) is 32.6 Å². The molecule has 0 atom stereocenters. The Morgan fingerprint density at radius 3 is 2.33 bits per heavy atom. The van der Waals surface area contributed by atoms with Crippen LogP contribution in [0.3, 0.4) is 0 Å². The predicted octanol–water partition coefficient (Wildman–Crippen LogP) is -1.19. The summed E-state index contributed by atoms with van der Waals surface area (Å²) < 4.78 is 0. The maximum Gasteiger partial charge on any atom is 0.221 e. The molecule has 12 heavy (non-hydrogen) atoms. The first-order valence-corrected chi connectivity index (χ1v) is 3.94. The Morgan fingerprint density at radius 2 is 1.92 bits per heavy atom. The molecule has 0 saturated carbocycles. The van der Waals surface area contributed by atoms with E-state index in [9.17, 15) is 9.59 Å². The van der Waals surface area contributed by atoms with Gasteiger partial charge in [0.2, 0.25) is 12.3 Å². The summed E-state index contributed by atoms with van der Waals surface area (Å²) in [6.07, 6.45) is 0.656. The number of hydrogen-bond acceptors (Lipinski definition) is 3. The summed E-state index contributed by atoms with van der Waals surface area (Å²) in [7, 11) is 0. The van der Waals surface area contributed by atoms with E-state index in [-0.39, 0.29) is 5.91 Å². The van der Waals surface area contributed by atoms with Crippen molar-refractivity contribution in [1.82, 2.24) is 15.3 Å². The van der Waals surface area contributed by atoms with E-state index in [2.05, 4.69) is 5.43 Å².